The van der Waals surface area contributed by atoms with E-state index in [4.69, 9.17) is 0 Å². The Hall–Kier alpha value is -0.280. The molecule has 20 heavy (non-hydrogen) atoms. The summed E-state index contributed by atoms with van der Waals surface area (Å²) < 4.78 is 39.9. The Labute approximate surface area is 126 Å². The molecule has 1 aliphatic rings. The molecule has 1 aromatic carbocycles. The molecule has 0 radical (unpaired) electrons. The van der Waals surface area contributed by atoms with Crippen molar-refractivity contribution in [3.8, 4) is 0 Å². The first-order chi connectivity index (χ1) is 9.43. The highest BCUT2D eigenvalue weighted by Crippen LogP contribution is 2.25. The molecule has 1 aromatic rings. The maximum absolute atomic E-state index is 13.5. The largest absolute Gasteiger partial charge is 0.387 e. The number of sulfonamides is 1. The second-order valence-corrected chi connectivity index (χ2v) is 8.53. The molecule has 2 rings (SSSR count). The number of benzene rings is 1. The van der Waals surface area contributed by atoms with E-state index in [1.807, 2.05) is 0 Å². The van der Waals surface area contributed by atoms with Crippen molar-refractivity contribution in [2.45, 2.75) is 10.5 Å². The number of aliphatic hydroxyl groups is 1. The second-order valence-electron chi connectivity index (χ2n) is 4.58. The maximum atomic E-state index is 13.5. The smallest absolute Gasteiger partial charge is 0.243 e. The zero-order chi connectivity index (χ0) is 14.6. The fraction of sp³-hybridized carbons (Fsp3) is 0.500. The van der Waals surface area contributed by atoms with Gasteiger partial charge in [-0.2, -0.15) is 23.5 Å². The minimum atomic E-state index is -3.94. The lowest BCUT2D eigenvalue weighted by molar-refractivity contribution is 0.0961. The molecule has 0 spiro atoms. The van der Waals surface area contributed by atoms with Gasteiger partial charge in [0.1, 0.15) is 10.7 Å². The average Bonchev–Trinajstić information content (AvgIpc) is 2.63. The van der Waals surface area contributed by atoms with Crippen LogP contribution in [0, 0.1) is 5.82 Å². The van der Waals surface area contributed by atoms with Crippen molar-refractivity contribution in [3.63, 3.8) is 0 Å². The van der Waals surface area contributed by atoms with Crippen molar-refractivity contribution in [1.82, 2.24) is 4.72 Å². The van der Waals surface area contributed by atoms with Crippen molar-refractivity contribution in [3.05, 3.63) is 30.1 Å². The van der Waals surface area contributed by atoms with Crippen LogP contribution in [0.15, 0.2) is 29.2 Å². The molecule has 112 valence electrons. The summed E-state index contributed by atoms with van der Waals surface area (Å²) in [7, 11) is -3.94. The number of halogens is 1. The molecule has 2 N–H and O–H groups in total. The summed E-state index contributed by atoms with van der Waals surface area (Å²) in [5.41, 5.74) is -1.09. The van der Waals surface area contributed by atoms with E-state index in [9.17, 15) is 17.9 Å². The minimum Gasteiger partial charge on any atom is -0.387 e. The van der Waals surface area contributed by atoms with Gasteiger partial charge >= 0.3 is 0 Å². The van der Waals surface area contributed by atoms with Crippen LogP contribution in [0.3, 0.4) is 0 Å². The Morgan fingerprint density at radius 3 is 2.45 bits per heavy atom. The topological polar surface area (TPSA) is 66.4 Å². The molecule has 1 fully saturated rings. The highest BCUT2D eigenvalue weighted by atomic mass is 32.2. The highest BCUT2D eigenvalue weighted by Gasteiger charge is 2.31. The molecular weight excluding hydrogens is 321 g/mol. The molecule has 0 atom stereocenters. The lowest BCUT2D eigenvalue weighted by atomic mass is 10.1. The molecular formula is C12H16FNO3S3. The van der Waals surface area contributed by atoms with Crippen LogP contribution in [0.2, 0.25) is 0 Å². The number of hydrogen-bond donors (Lipinski definition) is 2. The van der Waals surface area contributed by atoms with Gasteiger partial charge in [0.05, 0.1) is 5.60 Å². The molecule has 0 saturated carbocycles. The molecule has 4 nitrogen and oxygen atoms in total. The van der Waals surface area contributed by atoms with E-state index < -0.39 is 26.3 Å². The van der Waals surface area contributed by atoms with Crippen molar-refractivity contribution in [1.29, 1.82) is 0 Å². The quantitative estimate of drug-likeness (QED) is 0.867. The van der Waals surface area contributed by atoms with E-state index in [0.717, 1.165) is 17.6 Å². The molecule has 0 unspecified atom stereocenters. The van der Waals surface area contributed by atoms with Gasteiger partial charge in [0.15, 0.2) is 0 Å². The Kier molecular flexibility index (Phi) is 5.36. The van der Waals surface area contributed by atoms with Crippen LogP contribution in [0.25, 0.3) is 0 Å². The van der Waals surface area contributed by atoms with Gasteiger partial charge in [-0.15, -0.1) is 0 Å². The van der Waals surface area contributed by atoms with Gasteiger partial charge in [-0.1, -0.05) is 12.1 Å². The van der Waals surface area contributed by atoms with Crippen LogP contribution >= 0.6 is 23.5 Å². The monoisotopic (exact) mass is 337 g/mol. The van der Waals surface area contributed by atoms with Crippen LogP contribution in [-0.4, -0.2) is 48.7 Å². The first kappa shape index (κ1) is 16.1. The van der Waals surface area contributed by atoms with Gasteiger partial charge in [0.2, 0.25) is 10.0 Å². The molecule has 1 heterocycles. The molecule has 1 saturated heterocycles. The summed E-state index contributed by atoms with van der Waals surface area (Å²) in [5.74, 6) is 2.02. The Balaban J connectivity index is 2.07. The first-order valence-electron chi connectivity index (χ1n) is 6.05. The van der Waals surface area contributed by atoms with E-state index in [0.29, 0.717) is 11.5 Å². The van der Waals surface area contributed by atoms with Crippen LogP contribution in [-0.2, 0) is 10.0 Å². The van der Waals surface area contributed by atoms with Gasteiger partial charge in [0, 0.05) is 29.6 Å². The number of thioether (sulfide) groups is 2. The Morgan fingerprint density at radius 2 is 1.85 bits per heavy atom. The molecule has 0 aromatic heterocycles. The number of nitrogens with one attached hydrogen (secondary N) is 1. The standard InChI is InChI=1S/C12H16FNO3S3/c13-10-3-1-2-4-11(10)20(16,17)14-7-12(15)8-18-5-6-19-9-12/h1-4,14-15H,5-9H2. The molecule has 0 bridgehead atoms. The van der Waals surface area contributed by atoms with Gasteiger partial charge in [0.25, 0.3) is 0 Å². The third-order valence-electron chi connectivity index (χ3n) is 2.83. The molecule has 0 amide bonds. The lowest BCUT2D eigenvalue weighted by Gasteiger charge is -2.25. The van der Waals surface area contributed by atoms with E-state index in [2.05, 4.69) is 4.72 Å². The van der Waals surface area contributed by atoms with E-state index in [-0.39, 0.29) is 6.54 Å². The summed E-state index contributed by atoms with van der Waals surface area (Å²) in [6.07, 6.45) is 0. The van der Waals surface area contributed by atoms with Gasteiger partial charge in [-0.25, -0.2) is 17.5 Å². The normalized spacial score (nSPS) is 19.5. The lowest BCUT2D eigenvalue weighted by Crippen LogP contribution is -2.46. The molecule has 0 aliphatic carbocycles. The van der Waals surface area contributed by atoms with E-state index >= 15 is 0 Å². The Bertz CT molecular complexity index is 557. The molecule has 1 aliphatic heterocycles. The highest BCUT2D eigenvalue weighted by molar-refractivity contribution is 8.03. The van der Waals surface area contributed by atoms with Crippen molar-refractivity contribution >= 4 is 33.5 Å². The summed E-state index contributed by atoms with van der Waals surface area (Å²) >= 11 is 3.19. The third kappa shape index (κ3) is 4.11. The third-order valence-corrected chi connectivity index (χ3v) is 6.99. The second kappa shape index (κ2) is 6.65. The van der Waals surface area contributed by atoms with Gasteiger partial charge in [-0.05, 0) is 12.1 Å². The fourth-order valence-corrected chi connectivity index (χ4v) is 5.48. The predicted octanol–water partition coefficient (Wildman–Crippen LogP) is 1.32. The summed E-state index contributed by atoms with van der Waals surface area (Å²) in [6, 6.07) is 5.20. The van der Waals surface area contributed by atoms with E-state index in [1.165, 1.54) is 18.2 Å². The number of rotatable bonds is 4. The summed E-state index contributed by atoms with van der Waals surface area (Å²) in [5, 5.41) is 10.4. The molecule has 8 heteroatoms. The van der Waals surface area contributed by atoms with Crippen LogP contribution in [0.1, 0.15) is 0 Å². The Morgan fingerprint density at radius 1 is 1.25 bits per heavy atom. The maximum Gasteiger partial charge on any atom is 0.243 e. The average molecular weight is 337 g/mol. The number of hydrogen-bond acceptors (Lipinski definition) is 5. The van der Waals surface area contributed by atoms with E-state index in [1.54, 1.807) is 23.5 Å². The van der Waals surface area contributed by atoms with Crippen molar-refractivity contribution < 1.29 is 17.9 Å². The minimum absolute atomic E-state index is 0.107. The summed E-state index contributed by atoms with van der Waals surface area (Å²) in [6.45, 7) is -0.107. The first-order valence-corrected chi connectivity index (χ1v) is 9.84. The SMILES string of the molecule is O=S(=O)(NCC1(O)CSCCSC1)c1ccccc1F. The van der Waals surface area contributed by atoms with Crippen molar-refractivity contribution in [2.24, 2.45) is 0 Å². The summed E-state index contributed by atoms with van der Waals surface area (Å²) in [4.78, 5) is -0.391. The van der Waals surface area contributed by atoms with Crippen LogP contribution in [0.5, 0.6) is 0 Å². The fourth-order valence-electron chi connectivity index (χ4n) is 1.76. The van der Waals surface area contributed by atoms with Crippen LogP contribution in [0.4, 0.5) is 4.39 Å². The van der Waals surface area contributed by atoms with Crippen LogP contribution < -0.4 is 4.72 Å². The van der Waals surface area contributed by atoms with Gasteiger partial charge < -0.3 is 5.11 Å². The van der Waals surface area contributed by atoms with Gasteiger partial charge in [-0.3, -0.25) is 0 Å². The van der Waals surface area contributed by atoms with Crippen molar-refractivity contribution in [2.75, 3.05) is 29.6 Å². The zero-order valence-corrected chi connectivity index (χ0v) is 13.2. The zero-order valence-electron chi connectivity index (χ0n) is 10.7. The predicted molar refractivity (Wildman–Crippen MR) is 81.2 cm³/mol.